The normalized spacial score (nSPS) is 11.0. The molecule has 0 aliphatic heterocycles. The van der Waals surface area contributed by atoms with E-state index in [4.69, 9.17) is 4.74 Å². The number of hydrogen-bond acceptors (Lipinski definition) is 6. The zero-order chi connectivity index (χ0) is 19.4. The Morgan fingerprint density at radius 1 is 1.35 bits per heavy atom. The average Bonchev–Trinajstić information content (AvgIpc) is 3.06. The minimum Gasteiger partial charge on any atom is -0.462 e. The van der Waals surface area contributed by atoms with Crippen molar-refractivity contribution in [3.63, 3.8) is 0 Å². The van der Waals surface area contributed by atoms with Crippen LogP contribution in [0.3, 0.4) is 0 Å². The smallest absolute Gasteiger partial charge is 0.341 e. The van der Waals surface area contributed by atoms with Gasteiger partial charge in [0.15, 0.2) is 5.78 Å². The first-order chi connectivity index (χ1) is 12.3. The third kappa shape index (κ3) is 4.08. The first-order valence-corrected chi connectivity index (χ1v) is 8.87. The number of Topliss-reactive ketones (excluding diaryl/α,β-unsaturated/α-hetero) is 1. The van der Waals surface area contributed by atoms with Crippen molar-refractivity contribution in [2.45, 2.75) is 27.7 Å². The summed E-state index contributed by atoms with van der Waals surface area (Å²) in [7, 11) is 1.82. The molecule has 2 rings (SSSR count). The lowest BCUT2D eigenvalue weighted by atomic mass is 10.1. The van der Waals surface area contributed by atoms with Crippen LogP contribution in [0.2, 0.25) is 0 Å². The Bertz CT molecular complexity index is 893. The fourth-order valence-corrected chi connectivity index (χ4v) is 3.48. The quantitative estimate of drug-likeness (QED) is 0.476. The molecule has 0 unspecified atom stereocenters. The van der Waals surface area contributed by atoms with Gasteiger partial charge in [-0.2, -0.15) is 5.10 Å². The first kappa shape index (κ1) is 19.6. The van der Waals surface area contributed by atoms with Crippen LogP contribution >= 0.6 is 11.3 Å². The number of thiophene rings is 1. The summed E-state index contributed by atoms with van der Waals surface area (Å²) in [4.78, 5) is 36.7. The fourth-order valence-electron chi connectivity index (χ4n) is 2.38. The molecule has 0 saturated carbocycles. The van der Waals surface area contributed by atoms with Gasteiger partial charge in [-0.3, -0.25) is 14.3 Å². The predicted octanol–water partition coefficient (Wildman–Crippen LogP) is 3.13. The molecule has 0 saturated heterocycles. The molecule has 1 N–H and O–H groups in total. The topological polar surface area (TPSA) is 90.3 Å². The standard InChI is InChI=1S/C18H21N3O4S/c1-6-25-18(24)15-10(2)16(12(4)22)26-17(15)20-14(23)8-7-13-9-19-21(5)11(13)3/h7-9H,6H2,1-5H3,(H,20,23)/b8-7-. The molecule has 0 bridgehead atoms. The second kappa shape index (κ2) is 8.09. The molecular formula is C18H21N3O4S. The average molecular weight is 375 g/mol. The second-order valence-electron chi connectivity index (χ2n) is 5.67. The Hall–Kier alpha value is -2.74. The molecule has 0 fully saturated rings. The minimum atomic E-state index is -0.559. The fraction of sp³-hybridized carbons (Fsp3) is 0.333. The van der Waals surface area contributed by atoms with E-state index in [1.54, 1.807) is 30.8 Å². The van der Waals surface area contributed by atoms with E-state index in [-0.39, 0.29) is 18.0 Å². The Kier molecular flexibility index (Phi) is 6.10. The molecule has 0 aromatic carbocycles. The van der Waals surface area contributed by atoms with Gasteiger partial charge in [-0.1, -0.05) is 0 Å². The summed E-state index contributed by atoms with van der Waals surface area (Å²) in [5, 5.41) is 7.09. The van der Waals surface area contributed by atoms with Gasteiger partial charge in [0.2, 0.25) is 5.91 Å². The van der Waals surface area contributed by atoms with Crippen LogP contribution in [0.15, 0.2) is 12.3 Å². The van der Waals surface area contributed by atoms with Crippen molar-refractivity contribution >= 4 is 40.1 Å². The second-order valence-corrected chi connectivity index (χ2v) is 6.69. The van der Waals surface area contributed by atoms with Crippen molar-refractivity contribution in [2.75, 3.05) is 11.9 Å². The first-order valence-electron chi connectivity index (χ1n) is 8.05. The third-order valence-electron chi connectivity index (χ3n) is 3.87. The van der Waals surface area contributed by atoms with Crippen LogP contribution < -0.4 is 5.32 Å². The molecule has 8 heteroatoms. The van der Waals surface area contributed by atoms with Crippen molar-refractivity contribution in [1.29, 1.82) is 0 Å². The molecule has 7 nitrogen and oxygen atoms in total. The third-order valence-corrected chi connectivity index (χ3v) is 5.18. The number of esters is 1. The molecule has 0 aliphatic rings. The Labute approximate surface area is 155 Å². The summed E-state index contributed by atoms with van der Waals surface area (Å²) in [6.07, 6.45) is 4.67. The van der Waals surface area contributed by atoms with Crippen LogP contribution in [-0.4, -0.2) is 34.0 Å². The summed E-state index contributed by atoms with van der Waals surface area (Å²) in [5.41, 5.74) is 2.48. The lowest BCUT2D eigenvalue weighted by Crippen LogP contribution is -2.12. The number of aryl methyl sites for hydroxylation is 1. The highest BCUT2D eigenvalue weighted by atomic mass is 32.1. The van der Waals surface area contributed by atoms with Crippen LogP contribution in [0.1, 0.15) is 50.7 Å². The summed E-state index contributed by atoms with van der Waals surface area (Å²) in [5.74, 6) is -1.13. The van der Waals surface area contributed by atoms with Gasteiger partial charge in [0, 0.05) is 24.4 Å². The monoisotopic (exact) mass is 375 g/mol. The molecule has 2 aromatic heterocycles. The number of carbonyl (C=O) groups excluding carboxylic acids is 3. The molecule has 26 heavy (non-hydrogen) atoms. The van der Waals surface area contributed by atoms with Crippen LogP contribution in [0, 0.1) is 13.8 Å². The molecule has 2 aromatic rings. The van der Waals surface area contributed by atoms with E-state index in [0.29, 0.717) is 15.4 Å². The maximum atomic E-state index is 12.3. The number of rotatable bonds is 6. The Morgan fingerprint density at radius 3 is 2.58 bits per heavy atom. The van der Waals surface area contributed by atoms with Gasteiger partial charge >= 0.3 is 5.97 Å². The number of nitrogens with zero attached hydrogens (tertiary/aromatic N) is 2. The molecular weight excluding hydrogens is 354 g/mol. The molecule has 0 spiro atoms. The number of anilines is 1. The highest BCUT2D eigenvalue weighted by molar-refractivity contribution is 7.18. The zero-order valence-electron chi connectivity index (χ0n) is 15.4. The van der Waals surface area contributed by atoms with E-state index < -0.39 is 11.9 Å². The van der Waals surface area contributed by atoms with Crippen molar-refractivity contribution < 1.29 is 19.1 Å². The van der Waals surface area contributed by atoms with Crippen LogP contribution in [-0.2, 0) is 16.6 Å². The van der Waals surface area contributed by atoms with Gasteiger partial charge in [-0.05, 0) is 39.3 Å². The number of aromatic nitrogens is 2. The van der Waals surface area contributed by atoms with Crippen molar-refractivity contribution in [3.05, 3.63) is 39.5 Å². The van der Waals surface area contributed by atoms with E-state index in [1.165, 1.54) is 13.0 Å². The van der Waals surface area contributed by atoms with E-state index in [2.05, 4.69) is 10.4 Å². The Balaban J connectivity index is 2.28. The zero-order valence-corrected chi connectivity index (χ0v) is 16.2. The lowest BCUT2D eigenvalue weighted by Gasteiger charge is -2.05. The number of ketones is 1. The molecule has 0 aliphatic carbocycles. The molecule has 138 valence electrons. The highest BCUT2D eigenvalue weighted by Crippen LogP contribution is 2.34. The van der Waals surface area contributed by atoms with Crippen molar-refractivity contribution in [1.82, 2.24) is 9.78 Å². The van der Waals surface area contributed by atoms with Gasteiger partial charge in [-0.15, -0.1) is 11.3 Å². The van der Waals surface area contributed by atoms with Crippen LogP contribution in [0.5, 0.6) is 0 Å². The predicted molar refractivity (Wildman–Crippen MR) is 101 cm³/mol. The minimum absolute atomic E-state index is 0.167. The molecule has 2 heterocycles. The van der Waals surface area contributed by atoms with Gasteiger partial charge in [0.25, 0.3) is 0 Å². The molecule has 0 radical (unpaired) electrons. The summed E-state index contributed by atoms with van der Waals surface area (Å²) < 4.78 is 6.75. The molecule has 1 amide bonds. The van der Waals surface area contributed by atoms with Crippen LogP contribution in [0.4, 0.5) is 5.00 Å². The summed E-state index contributed by atoms with van der Waals surface area (Å²) >= 11 is 1.07. The van der Waals surface area contributed by atoms with E-state index in [0.717, 1.165) is 22.6 Å². The van der Waals surface area contributed by atoms with Gasteiger partial charge in [0.1, 0.15) is 5.00 Å². The SMILES string of the molecule is CCOC(=O)c1c(NC(=O)/C=C\c2cnn(C)c2C)sc(C(C)=O)c1C. The lowest BCUT2D eigenvalue weighted by molar-refractivity contribution is -0.111. The van der Waals surface area contributed by atoms with E-state index in [9.17, 15) is 14.4 Å². The number of nitrogens with one attached hydrogen (secondary N) is 1. The largest absolute Gasteiger partial charge is 0.462 e. The van der Waals surface area contributed by atoms with Gasteiger partial charge < -0.3 is 10.1 Å². The number of amides is 1. The molecule has 0 atom stereocenters. The van der Waals surface area contributed by atoms with Crippen molar-refractivity contribution in [3.8, 4) is 0 Å². The van der Waals surface area contributed by atoms with Crippen molar-refractivity contribution in [2.24, 2.45) is 7.05 Å². The Morgan fingerprint density at radius 2 is 2.04 bits per heavy atom. The van der Waals surface area contributed by atoms with Gasteiger partial charge in [0.05, 0.1) is 23.2 Å². The van der Waals surface area contributed by atoms with E-state index in [1.807, 2.05) is 14.0 Å². The van der Waals surface area contributed by atoms with E-state index >= 15 is 0 Å². The maximum Gasteiger partial charge on any atom is 0.341 e. The summed E-state index contributed by atoms with van der Waals surface area (Å²) in [6, 6.07) is 0. The van der Waals surface area contributed by atoms with Crippen LogP contribution in [0.25, 0.3) is 6.08 Å². The highest BCUT2D eigenvalue weighted by Gasteiger charge is 2.24. The maximum absolute atomic E-state index is 12.3. The number of ether oxygens (including phenoxy) is 1. The number of hydrogen-bond donors (Lipinski definition) is 1. The van der Waals surface area contributed by atoms with Gasteiger partial charge in [-0.25, -0.2) is 4.79 Å². The number of carbonyl (C=O) groups is 3. The summed E-state index contributed by atoms with van der Waals surface area (Å²) in [6.45, 7) is 6.89.